The summed E-state index contributed by atoms with van der Waals surface area (Å²) in [4.78, 5) is 45.1. The third kappa shape index (κ3) is 7.64. The van der Waals surface area contributed by atoms with Crippen molar-refractivity contribution in [3.05, 3.63) is 71.9 Å². The van der Waals surface area contributed by atoms with Crippen molar-refractivity contribution in [3.8, 4) is 0 Å². The minimum absolute atomic E-state index is 0.107. The summed E-state index contributed by atoms with van der Waals surface area (Å²) in [7, 11) is 0. The number of piperidine rings is 1. The number of fused-ring (bicyclic) bond motifs is 1. The molecular formula is C32H42N4O4. The van der Waals surface area contributed by atoms with Crippen LogP contribution >= 0.6 is 0 Å². The number of aromatic amines is 1. The SMILES string of the molecule is CC(C)(C)OC(=O)NC(C)(C)C(=O)NC(Cc1c[nH]c2ccccc12)C(=O)N1CCC[C@H](Cc2ccccc2)C1. The maximum atomic E-state index is 14.0. The molecule has 1 saturated heterocycles. The van der Waals surface area contributed by atoms with Gasteiger partial charge in [0.25, 0.3) is 0 Å². The van der Waals surface area contributed by atoms with Crippen molar-refractivity contribution in [1.29, 1.82) is 0 Å². The first-order valence-corrected chi connectivity index (χ1v) is 14.1. The summed E-state index contributed by atoms with van der Waals surface area (Å²) < 4.78 is 5.36. The Kier molecular flexibility index (Phi) is 8.86. The van der Waals surface area contributed by atoms with Gasteiger partial charge in [0.1, 0.15) is 17.2 Å². The van der Waals surface area contributed by atoms with Crippen LogP contribution in [0.25, 0.3) is 10.9 Å². The van der Waals surface area contributed by atoms with E-state index in [1.807, 2.05) is 53.6 Å². The Hall–Kier alpha value is -3.81. The van der Waals surface area contributed by atoms with E-state index in [1.165, 1.54) is 5.56 Å². The average molecular weight is 547 g/mol. The van der Waals surface area contributed by atoms with Gasteiger partial charge < -0.3 is 25.3 Å². The molecule has 2 heterocycles. The topological polar surface area (TPSA) is 104 Å². The predicted molar refractivity (Wildman–Crippen MR) is 157 cm³/mol. The molecule has 8 heteroatoms. The van der Waals surface area contributed by atoms with Crippen LogP contribution in [0, 0.1) is 5.92 Å². The summed E-state index contributed by atoms with van der Waals surface area (Å²) in [5.41, 5.74) is 1.20. The zero-order chi connectivity index (χ0) is 28.9. The molecule has 1 aromatic heterocycles. The van der Waals surface area contributed by atoms with Gasteiger partial charge in [0.05, 0.1) is 0 Å². The molecule has 214 valence electrons. The van der Waals surface area contributed by atoms with Crippen molar-refractivity contribution < 1.29 is 19.1 Å². The molecule has 4 rings (SSSR count). The number of nitrogens with one attached hydrogen (secondary N) is 3. The van der Waals surface area contributed by atoms with Gasteiger partial charge >= 0.3 is 6.09 Å². The highest BCUT2D eigenvalue weighted by atomic mass is 16.6. The molecule has 1 unspecified atom stereocenters. The molecule has 3 amide bonds. The summed E-state index contributed by atoms with van der Waals surface area (Å²) >= 11 is 0. The number of likely N-dealkylation sites (tertiary alicyclic amines) is 1. The van der Waals surface area contributed by atoms with Crippen LogP contribution in [-0.2, 0) is 27.2 Å². The van der Waals surface area contributed by atoms with Crippen molar-refractivity contribution in [1.82, 2.24) is 20.5 Å². The molecule has 0 saturated carbocycles. The highest BCUT2D eigenvalue weighted by Crippen LogP contribution is 2.24. The van der Waals surface area contributed by atoms with Crippen LogP contribution in [0.3, 0.4) is 0 Å². The maximum absolute atomic E-state index is 14.0. The van der Waals surface area contributed by atoms with Crippen molar-refractivity contribution in [2.24, 2.45) is 5.92 Å². The van der Waals surface area contributed by atoms with E-state index in [1.54, 1.807) is 34.6 Å². The maximum Gasteiger partial charge on any atom is 0.408 e. The van der Waals surface area contributed by atoms with Crippen molar-refractivity contribution in [2.45, 2.75) is 77.5 Å². The summed E-state index contributed by atoms with van der Waals surface area (Å²) in [5, 5.41) is 6.65. The molecular weight excluding hydrogens is 504 g/mol. The van der Waals surface area contributed by atoms with E-state index in [9.17, 15) is 14.4 Å². The van der Waals surface area contributed by atoms with Crippen LogP contribution in [0.15, 0.2) is 60.8 Å². The molecule has 2 aromatic carbocycles. The number of alkyl carbamates (subject to hydrolysis) is 1. The van der Waals surface area contributed by atoms with Crippen LogP contribution in [0.5, 0.6) is 0 Å². The molecule has 0 bridgehead atoms. The molecule has 0 radical (unpaired) electrons. The fraction of sp³-hybridized carbons (Fsp3) is 0.469. The van der Waals surface area contributed by atoms with Gasteiger partial charge in [0.2, 0.25) is 11.8 Å². The van der Waals surface area contributed by atoms with Crippen LogP contribution in [-0.4, -0.2) is 58.1 Å². The van der Waals surface area contributed by atoms with E-state index < -0.39 is 29.2 Å². The summed E-state index contributed by atoms with van der Waals surface area (Å²) in [6.45, 7) is 9.81. The number of amides is 3. The van der Waals surface area contributed by atoms with E-state index in [4.69, 9.17) is 4.74 Å². The first kappa shape index (κ1) is 29.2. The Morgan fingerprint density at radius 2 is 1.73 bits per heavy atom. The number of H-pyrrole nitrogens is 1. The Balaban J connectivity index is 1.52. The minimum Gasteiger partial charge on any atom is -0.444 e. The van der Waals surface area contributed by atoms with Crippen LogP contribution in [0.4, 0.5) is 4.79 Å². The molecule has 1 aliphatic rings. The van der Waals surface area contributed by atoms with E-state index >= 15 is 0 Å². The standard InChI is InChI=1S/C32H42N4O4/c1-31(2,3)40-30(39)35-32(4,5)29(38)34-27(19-24-20-33-26-16-10-9-15-25(24)26)28(37)36-17-11-14-23(21-36)18-22-12-7-6-8-13-22/h6-10,12-13,15-16,20,23,27,33H,11,14,17-19,21H2,1-5H3,(H,34,38)(H,35,39)/t23-,27?/m1/s1. The first-order valence-electron chi connectivity index (χ1n) is 14.1. The molecule has 40 heavy (non-hydrogen) atoms. The number of nitrogens with zero attached hydrogens (tertiary/aromatic N) is 1. The van der Waals surface area contributed by atoms with Crippen LogP contribution in [0.1, 0.15) is 58.6 Å². The zero-order valence-corrected chi connectivity index (χ0v) is 24.3. The number of carbonyl (C=O) groups is 3. The molecule has 1 aliphatic heterocycles. The lowest BCUT2D eigenvalue weighted by Crippen LogP contribution is -2.60. The molecule has 3 N–H and O–H groups in total. The third-order valence-corrected chi connectivity index (χ3v) is 7.28. The first-order chi connectivity index (χ1) is 18.9. The molecule has 8 nitrogen and oxygen atoms in total. The molecule has 2 atom stereocenters. The van der Waals surface area contributed by atoms with Crippen LogP contribution < -0.4 is 10.6 Å². The predicted octanol–water partition coefficient (Wildman–Crippen LogP) is 4.98. The van der Waals surface area contributed by atoms with E-state index in [-0.39, 0.29) is 5.91 Å². The van der Waals surface area contributed by atoms with Crippen molar-refractivity contribution in [3.63, 3.8) is 0 Å². The van der Waals surface area contributed by atoms with Crippen molar-refractivity contribution >= 4 is 28.8 Å². The second-order valence-corrected chi connectivity index (χ2v) is 12.3. The second kappa shape index (κ2) is 12.1. The van der Waals surface area contributed by atoms with Crippen LogP contribution in [0.2, 0.25) is 0 Å². The molecule has 0 spiro atoms. The van der Waals surface area contributed by atoms with E-state index in [2.05, 4.69) is 27.8 Å². The summed E-state index contributed by atoms with van der Waals surface area (Å²) in [6.07, 6.45) is 4.43. The van der Waals surface area contributed by atoms with E-state index in [0.29, 0.717) is 25.4 Å². The Morgan fingerprint density at radius 1 is 1.02 bits per heavy atom. The number of para-hydroxylation sites is 1. The fourth-order valence-corrected chi connectivity index (χ4v) is 5.27. The number of hydrogen-bond acceptors (Lipinski definition) is 4. The summed E-state index contributed by atoms with van der Waals surface area (Å²) in [6, 6.07) is 17.5. The Morgan fingerprint density at radius 3 is 2.45 bits per heavy atom. The van der Waals surface area contributed by atoms with Gasteiger partial charge in [-0.1, -0.05) is 48.5 Å². The van der Waals surface area contributed by atoms with Crippen molar-refractivity contribution in [2.75, 3.05) is 13.1 Å². The number of rotatable bonds is 8. The second-order valence-electron chi connectivity index (χ2n) is 12.3. The van der Waals surface area contributed by atoms with Gasteiger partial charge in [0, 0.05) is 36.6 Å². The average Bonchev–Trinajstić information content (AvgIpc) is 3.30. The van der Waals surface area contributed by atoms with E-state index in [0.717, 1.165) is 35.7 Å². The quantitative estimate of drug-likeness (QED) is 0.371. The lowest BCUT2D eigenvalue weighted by atomic mass is 9.90. The zero-order valence-electron chi connectivity index (χ0n) is 24.3. The highest BCUT2D eigenvalue weighted by molar-refractivity contribution is 5.94. The fourth-order valence-electron chi connectivity index (χ4n) is 5.27. The van der Waals surface area contributed by atoms with Gasteiger partial charge in [-0.3, -0.25) is 9.59 Å². The van der Waals surface area contributed by atoms with Gasteiger partial charge in [-0.05, 0) is 77.0 Å². The Bertz CT molecular complexity index is 1330. The number of aromatic nitrogens is 1. The normalized spacial score (nSPS) is 16.8. The molecule has 3 aromatic rings. The largest absolute Gasteiger partial charge is 0.444 e. The summed E-state index contributed by atoms with van der Waals surface area (Å²) in [5.74, 6) is -0.200. The van der Waals surface area contributed by atoms with Gasteiger partial charge in [-0.15, -0.1) is 0 Å². The number of carbonyl (C=O) groups excluding carboxylic acids is 3. The smallest absolute Gasteiger partial charge is 0.408 e. The highest BCUT2D eigenvalue weighted by Gasteiger charge is 2.36. The van der Waals surface area contributed by atoms with Gasteiger partial charge in [0.15, 0.2) is 0 Å². The lowest BCUT2D eigenvalue weighted by Gasteiger charge is -2.36. The molecule has 1 fully saturated rings. The van der Waals surface area contributed by atoms with Gasteiger partial charge in [-0.25, -0.2) is 4.79 Å². The number of benzene rings is 2. The van der Waals surface area contributed by atoms with Gasteiger partial charge in [-0.2, -0.15) is 0 Å². The lowest BCUT2D eigenvalue weighted by molar-refractivity contribution is -0.139. The molecule has 0 aliphatic carbocycles. The Labute approximate surface area is 236 Å². The number of ether oxygens (including phenoxy) is 1. The minimum atomic E-state index is -1.29. The third-order valence-electron chi connectivity index (χ3n) is 7.28. The monoisotopic (exact) mass is 546 g/mol. The number of hydrogen-bond donors (Lipinski definition) is 3.